The van der Waals surface area contributed by atoms with Gasteiger partial charge in [0.05, 0.1) is 14.2 Å². The number of nitrogens with one attached hydrogen (secondary N) is 2. The molecule has 0 bridgehead atoms. The number of aromatic amines is 1. The van der Waals surface area contributed by atoms with Gasteiger partial charge in [-0.05, 0) is 106 Å². The van der Waals surface area contributed by atoms with Crippen LogP contribution in [0.2, 0.25) is 0 Å². The van der Waals surface area contributed by atoms with Crippen LogP contribution in [0.4, 0.5) is 26.3 Å². The van der Waals surface area contributed by atoms with Gasteiger partial charge in [0.2, 0.25) is 0 Å². The summed E-state index contributed by atoms with van der Waals surface area (Å²) in [6.07, 6.45) is -3.82. The number of rotatable bonds is 9. The third-order valence-corrected chi connectivity index (χ3v) is 8.01. The van der Waals surface area contributed by atoms with E-state index in [-0.39, 0.29) is 0 Å². The summed E-state index contributed by atoms with van der Waals surface area (Å²) < 4.78 is 74.5. The van der Waals surface area contributed by atoms with Crippen LogP contribution in [0.1, 0.15) is 42.7 Å². The fraction of sp³-hybridized carbons (Fsp3) is 0.500. The second-order valence-corrected chi connectivity index (χ2v) is 11.3. The van der Waals surface area contributed by atoms with Gasteiger partial charge in [-0.25, -0.2) is 9.59 Å². The first kappa shape index (κ1) is 37.5. The zero-order valence-corrected chi connectivity index (χ0v) is 26.2. The first-order valence-electron chi connectivity index (χ1n) is 14.9. The van der Waals surface area contributed by atoms with E-state index in [1.54, 1.807) is 14.2 Å². The number of hydrogen-bond acceptors (Lipinski definition) is 6. The molecule has 0 spiro atoms. The standard InChI is InChI=1S/C28H37N3O2.2C2HF3O2/c1-29-12-15-31-13-10-20(11-14-31)21-6-8-25-23(17-21)24(16-19-4-5-19)28(30-25)22-7-9-26(32-2)27(18-22)33-3;2*3-2(4,5)1(6)7/h6-9,17-20,29-30H,4-5,10-16H2,1-3H3;2*(H,6,7). The first-order valence-corrected chi connectivity index (χ1v) is 14.9. The molecule has 2 fully saturated rings. The van der Waals surface area contributed by atoms with E-state index in [0.717, 1.165) is 36.9 Å². The summed E-state index contributed by atoms with van der Waals surface area (Å²) in [5.41, 5.74) is 6.61. The van der Waals surface area contributed by atoms with E-state index in [0.29, 0.717) is 5.92 Å². The van der Waals surface area contributed by atoms with Crippen molar-refractivity contribution in [1.82, 2.24) is 15.2 Å². The van der Waals surface area contributed by atoms with Crippen LogP contribution in [-0.2, 0) is 16.0 Å². The van der Waals surface area contributed by atoms with Gasteiger partial charge in [-0.3, -0.25) is 0 Å². The van der Waals surface area contributed by atoms with E-state index in [4.69, 9.17) is 29.3 Å². The Hall–Kier alpha value is -3.98. The molecule has 0 atom stereocenters. The number of aliphatic carboxylic acids is 2. The number of ether oxygens (including phenoxy) is 2. The van der Waals surface area contributed by atoms with Crippen LogP contribution in [0.5, 0.6) is 11.5 Å². The van der Waals surface area contributed by atoms with Gasteiger partial charge in [-0.15, -0.1) is 0 Å². The number of piperidine rings is 1. The SMILES string of the molecule is CNCCN1CCC(c2ccc3[nH]c(-c4ccc(OC)c(OC)c4)c(CC4CC4)c3c2)CC1.O=C(O)C(F)(F)F.O=C(O)C(F)(F)F. The quantitative estimate of drug-likeness (QED) is 0.191. The summed E-state index contributed by atoms with van der Waals surface area (Å²) in [7, 11) is 5.42. The van der Waals surface area contributed by atoms with Crippen LogP contribution in [-0.4, -0.2) is 91.8 Å². The smallest absolute Gasteiger partial charge is 0.490 e. The van der Waals surface area contributed by atoms with Gasteiger partial charge in [0.15, 0.2) is 11.5 Å². The van der Waals surface area contributed by atoms with E-state index >= 15 is 0 Å². The Morgan fingerprint density at radius 2 is 1.47 bits per heavy atom. The lowest BCUT2D eigenvalue weighted by molar-refractivity contribution is -0.193. The van der Waals surface area contributed by atoms with Gasteiger partial charge in [0, 0.05) is 35.2 Å². The second kappa shape index (κ2) is 16.2. The van der Waals surface area contributed by atoms with Crippen molar-refractivity contribution in [1.29, 1.82) is 0 Å². The number of H-pyrrole nitrogens is 1. The molecule has 5 rings (SSSR count). The number of methoxy groups -OCH3 is 2. The minimum Gasteiger partial charge on any atom is -0.493 e. The van der Waals surface area contributed by atoms with Crippen molar-refractivity contribution in [2.45, 2.75) is 50.4 Å². The van der Waals surface area contributed by atoms with Crippen LogP contribution in [0, 0.1) is 5.92 Å². The van der Waals surface area contributed by atoms with E-state index in [2.05, 4.69) is 45.5 Å². The maximum Gasteiger partial charge on any atom is 0.490 e. The zero-order valence-electron chi connectivity index (χ0n) is 26.2. The molecule has 4 N–H and O–H groups in total. The number of likely N-dealkylation sites (N-methyl/N-ethyl adjacent to an activating group) is 1. The number of halogens is 6. The van der Waals surface area contributed by atoms with E-state index in [9.17, 15) is 26.3 Å². The number of aromatic nitrogens is 1. The van der Waals surface area contributed by atoms with Crippen molar-refractivity contribution in [2.75, 3.05) is 47.4 Å². The Morgan fingerprint density at radius 3 is 1.96 bits per heavy atom. The van der Waals surface area contributed by atoms with Crippen molar-refractivity contribution < 1.29 is 55.6 Å². The molecule has 1 aliphatic heterocycles. The molecule has 1 saturated heterocycles. The van der Waals surface area contributed by atoms with Crippen LogP contribution in [0.15, 0.2) is 36.4 Å². The number of nitrogens with zero attached hydrogens (tertiary/aromatic N) is 1. The molecule has 0 radical (unpaired) electrons. The molecule has 2 aliphatic rings. The molecule has 1 aliphatic carbocycles. The summed E-state index contributed by atoms with van der Waals surface area (Å²) in [6.45, 7) is 4.62. The van der Waals surface area contributed by atoms with Gasteiger partial charge >= 0.3 is 24.3 Å². The molecule has 2 heterocycles. The number of fused-ring (bicyclic) bond motifs is 1. The van der Waals surface area contributed by atoms with Gasteiger partial charge in [0.25, 0.3) is 0 Å². The van der Waals surface area contributed by atoms with Gasteiger partial charge in [-0.2, -0.15) is 26.3 Å². The van der Waals surface area contributed by atoms with Crippen molar-refractivity contribution in [3.8, 4) is 22.8 Å². The third-order valence-electron chi connectivity index (χ3n) is 8.01. The predicted molar refractivity (Wildman–Crippen MR) is 163 cm³/mol. The van der Waals surface area contributed by atoms with Gasteiger partial charge in [-0.1, -0.05) is 6.07 Å². The number of carboxylic acid groups (broad SMARTS) is 2. The maximum atomic E-state index is 10.6. The fourth-order valence-corrected chi connectivity index (χ4v) is 5.34. The largest absolute Gasteiger partial charge is 0.493 e. The highest BCUT2D eigenvalue weighted by molar-refractivity contribution is 5.91. The number of carbonyl (C=O) groups is 2. The number of hydrogen-bond donors (Lipinski definition) is 4. The Morgan fingerprint density at radius 1 is 0.894 bits per heavy atom. The summed E-state index contributed by atoms with van der Waals surface area (Å²) in [5.74, 6) is -2.49. The molecule has 260 valence electrons. The lowest BCUT2D eigenvalue weighted by Crippen LogP contribution is -2.37. The fourth-order valence-electron chi connectivity index (χ4n) is 5.34. The van der Waals surface area contributed by atoms with E-state index in [1.165, 1.54) is 72.1 Å². The molecular weight excluding hydrogens is 636 g/mol. The molecule has 2 aromatic carbocycles. The highest BCUT2D eigenvalue weighted by Gasteiger charge is 2.39. The predicted octanol–water partition coefficient (Wildman–Crippen LogP) is 6.47. The Bertz CT molecular complexity index is 1470. The van der Waals surface area contributed by atoms with Crippen LogP contribution >= 0.6 is 0 Å². The minimum atomic E-state index is -5.08. The molecule has 47 heavy (non-hydrogen) atoms. The molecule has 1 saturated carbocycles. The van der Waals surface area contributed by atoms with Crippen molar-refractivity contribution in [3.05, 3.63) is 47.5 Å². The topological polar surface area (TPSA) is 124 Å². The Labute approximate surface area is 267 Å². The summed E-state index contributed by atoms with van der Waals surface area (Å²) in [4.78, 5) is 24.1. The number of carboxylic acids is 2. The lowest BCUT2D eigenvalue weighted by atomic mass is 9.88. The Kier molecular flexibility index (Phi) is 12.9. The molecule has 3 aromatic rings. The molecule has 1 aromatic heterocycles. The third kappa shape index (κ3) is 10.8. The molecule has 15 heteroatoms. The molecule has 0 unspecified atom stereocenters. The zero-order chi connectivity index (χ0) is 34.9. The Balaban J connectivity index is 0.000000360. The number of benzene rings is 2. The first-order chi connectivity index (χ1) is 22.1. The van der Waals surface area contributed by atoms with Crippen molar-refractivity contribution >= 4 is 22.8 Å². The lowest BCUT2D eigenvalue weighted by Gasteiger charge is -2.32. The van der Waals surface area contributed by atoms with Crippen LogP contribution in [0.3, 0.4) is 0 Å². The summed E-state index contributed by atoms with van der Waals surface area (Å²) >= 11 is 0. The highest BCUT2D eigenvalue weighted by Crippen LogP contribution is 2.42. The summed E-state index contributed by atoms with van der Waals surface area (Å²) in [5, 5.41) is 18.9. The molecule has 0 amide bonds. The van der Waals surface area contributed by atoms with Gasteiger partial charge in [0.1, 0.15) is 0 Å². The number of alkyl halides is 6. The second-order valence-electron chi connectivity index (χ2n) is 11.3. The maximum absolute atomic E-state index is 10.6. The van der Waals surface area contributed by atoms with Crippen molar-refractivity contribution in [2.24, 2.45) is 5.92 Å². The molecular formula is C32H39F6N3O6. The minimum absolute atomic E-state index is 0.661. The van der Waals surface area contributed by atoms with Crippen molar-refractivity contribution in [3.63, 3.8) is 0 Å². The molecule has 9 nitrogen and oxygen atoms in total. The average molecular weight is 676 g/mol. The van der Waals surface area contributed by atoms with Crippen LogP contribution < -0.4 is 14.8 Å². The monoisotopic (exact) mass is 675 g/mol. The van der Waals surface area contributed by atoms with E-state index in [1.807, 2.05) is 13.1 Å². The highest BCUT2D eigenvalue weighted by atomic mass is 19.4. The van der Waals surface area contributed by atoms with E-state index < -0.39 is 24.3 Å². The average Bonchev–Trinajstić information content (AvgIpc) is 3.78. The van der Waals surface area contributed by atoms with Gasteiger partial charge < -0.3 is 34.9 Å². The van der Waals surface area contributed by atoms with Crippen LogP contribution in [0.25, 0.3) is 22.2 Å². The summed E-state index contributed by atoms with van der Waals surface area (Å²) in [6, 6.07) is 13.4. The normalized spacial score (nSPS) is 15.7. The number of likely N-dealkylation sites (tertiary alicyclic amines) is 1.